The van der Waals surface area contributed by atoms with Crippen molar-refractivity contribution < 1.29 is 0 Å². The zero-order valence-corrected chi connectivity index (χ0v) is 13.6. The van der Waals surface area contributed by atoms with Gasteiger partial charge in [0.2, 0.25) is 0 Å². The molecule has 1 saturated carbocycles. The van der Waals surface area contributed by atoms with Gasteiger partial charge in [-0.25, -0.2) is 0 Å². The van der Waals surface area contributed by atoms with Gasteiger partial charge in [-0.15, -0.1) is 11.3 Å². The summed E-state index contributed by atoms with van der Waals surface area (Å²) in [5.74, 6) is 0.787. The van der Waals surface area contributed by atoms with Gasteiger partial charge < -0.3 is 4.90 Å². The molecule has 2 nitrogen and oxygen atoms in total. The minimum absolute atomic E-state index is 0.787. The van der Waals surface area contributed by atoms with Crippen molar-refractivity contribution in [2.75, 3.05) is 13.1 Å². The minimum atomic E-state index is 0.787. The summed E-state index contributed by atoms with van der Waals surface area (Å²) < 4.78 is 1.44. The highest BCUT2D eigenvalue weighted by atomic mass is 32.2. The van der Waals surface area contributed by atoms with Crippen LogP contribution in [0.25, 0.3) is 15.8 Å². The van der Waals surface area contributed by atoms with Crippen molar-refractivity contribution in [1.82, 2.24) is 4.90 Å². The third kappa shape index (κ3) is 1.75. The maximum atomic E-state index is 4.69. The molecule has 0 unspecified atom stereocenters. The molecule has 0 saturated heterocycles. The van der Waals surface area contributed by atoms with Gasteiger partial charge >= 0.3 is 0 Å². The van der Waals surface area contributed by atoms with E-state index < -0.39 is 0 Å². The molecule has 3 aliphatic rings. The molecule has 0 N–H and O–H groups in total. The van der Waals surface area contributed by atoms with Gasteiger partial charge in [0, 0.05) is 21.7 Å². The monoisotopic (exact) mass is 312 g/mol. The first kappa shape index (κ1) is 12.3. The van der Waals surface area contributed by atoms with E-state index in [1.54, 1.807) is 4.91 Å². The summed E-state index contributed by atoms with van der Waals surface area (Å²) in [6, 6.07) is 6.86. The molecule has 0 amide bonds. The van der Waals surface area contributed by atoms with E-state index in [-0.39, 0.29) is 0 Å². The van der Waals surface area contributed by atoms with Gasteiger partial charge in [-0.05, 0) is 48.1 Å². The van der Waals surface area contributed by atoms with Crippen LogP contribution in [-0.4, -0.2) is 23.2 Å². The summed E-state index contributed by atoms with van der Waals surface area (Å²) in [7, 11) is 0. The summed E-state index contributed by atoms with van der Waals surface area (Å²) >= 11 is 3.80. The number of nitrogens with zero attached hydrogens (tertiary/aromatic N) is 2. The molecule has 21 heavy (non-hydrogen) atoms. The third-order valence-electron chi connectivity index (χ3n) is 4.54. The Labute approximate surface area is 132 Å². The molecule has 0 atom stereocenters. The molecular formula is C17H16N2S2. The predicted molar refractivity (Wildman–Crippen MR) is 92.8 cm³/mol. The van der Waals surface area contributed by atoms with E-state index in [1.807, 2.05) is 23.1 Å². The zero-order chi connectivity index (χ0) is 14.0. The SMILES string of the molecule is Cc1ccc(C2=C(C3CC3)SC3=NCCN32)c2sccc12. The zero-order valence-electron chi connectivity index (χ0n) is 11.9. The van der Waals surface area contributed by atoms with E-state index in [0.717, 1.165) is 19.0 Å². The predicted octanol–water partition coefficient (Wildman–Crippen LogP) is 4.71. The van der Waals surface area contributed by atoms with Gasteiger partial charge in [0.25, 0.3) is 0 Å². The minimum Gasteiger partial charge on any atom is -0.318 e. The Morgan fingerprint density at radius 2 is 2.14 bits per heavy atom. The number of hydrogen-bond acceptors (Lipinski definition) is 4. The highest BCUT2D eigenvalue weighted by Crippen LogP contribution is 2.53. The molecule has 0 spiro atoms. The number of amidine groups is 1. The van der Waals surface area contributed by atoms with Gasteiger partial charge in [0.15, 0.2) is 5.17 Å². The number of thioether (sulfide) groups is 1. The van der Waals surface area contributed by atoms with Crippen LogP contribution in [0.2, 0.25) is 0 Å². The molecule has 1 aromatic carbocycles. The lowest BCUT2D eigenvalue weighted by atomic mass is 10.0. The van der Waals surface area contributed by atoms with Gasteiger partial charge in [-0.2, -0.15) is 0 Å². The van der Waals surface area contributed by atoms with E-state index in [9.17, 15) is 0 Å². The fourth-order valence-corrected chi connectivity index (χ4v) is 5.64. The van der Waals surface area contributed by atoms with E-state index in [4.69, 9.17) is 0 Å². The molecule has 0 radical (unpaired) electrons. The second-order valence-electron chi connectivity index (χ2n) is 6.00. The lowest BCUT2D eigenvalue weighted by Gasteiger charge is -2.18. The van der Waals surface area contributed by atoms with Crippen LogP contribution in [0.1, 0.15) is 24.0 Å². The highest BCUT2D eigenvalue weighted by Gasteiger charge is 2.40. The molecule has 1 aromatic heterocycles. The quantitative estimate of drug-likeness (QED) is 0.798. The molecule has 5 rings (SSSR count). The Balaban J connectivity index is 1.76. The standard InChI is InChI=1S/C17H16N2S2/c1-10-2-5-13(16-12(10)6-9-20-16)14-15(11-3-4-11)21-17-18-7-8-19(14)17/h2,5-6,9,11H,3-4,7-8H2,1H3. The van der Waals surface area contributed by atoms with Crippen molar-refractivity contribution >= 4 is 44.0 Å². The fourth-order valence-electron chi connectivity index (χ4n) is 3.29. The third-order valence-corrected chi connectivity index (χ3v) is 6.77. The fraction of sp³-hybridized carbons (Fsp3) is 0.353. The van der Waals surface area contributed by atoms with Crippen LogP contribution < -0.4 is 0 Å². The van der Waals surface area contributed by atoms with Crippen LogP contribution in [0.3, 0.4) is 0 Å². The first-order valence-electron chi connectivity index (χ1n) is 7.54. The molecule has 1 fully saturated rings. The summed E-state index contributed by atoms with van der Waals surface area (Å²) in [6.07, 6.45) is 2.71. The Kier molecular flexibility index (Phi) is 2.56. The topological polar surface area (TPSA) is 15.6 Å². The second-order valence-corrected chi connectivity index (χ2v) is 7.92. The van der Waals surface area contributed by atoms with Crippen LogP contribution in [0.4, 0.5) is 0 Å². The van der Waals surface area contributed by atoms with E-state index in [1.165, 1.54) is 44.9 Å². The molecule has 2 aromatic rings. The molecular weight excluding hydrogens is 296 g/mol. The molecule has 1 aliphatic carbocycles. The number of aliphatic imine (C=N–C) groups is 1. The van der Waals surface area contributed by atoms with E-state index in [0.29, 0.717) is 0 Å². The van der Waals surface area contributed by atoms with Crippen LogP contribution in [0.15, 0.2) is 33.5 Å². The summed E-state index contributed by atoms with van der Waals surface area (Å²) in [6.45, 7) is 4.21. The van der Waals surface area contributed by atoms with Crippen LogP contribution in [-0.2, 0) is 0 Å². The van der Waals surface area contributed by atoms with Crippen LogP contribution in [0, 0.1) is 12.8 Å². The van der Waals surface area contributed by atoms with E-state index >= 15 is 0 Å². The van der Waals surface area contributed by atoms with Crippen LogP contribution in [0.5, 0.6) is 0 Å². The average Bonchev–Trinajstić information content (AvgIpc) is 2.90. The number of thiophene rings is 1. The first-order valence-corrected chi connectivity index (χ1v) is 9.24. The maximum absolute atomic E-state index is 4.69. The number of allylic oxidation sites excluding steroid dienone is 1. The molecule has 4 heteroatoms. The summed E-state index contributed by atoms with van der Waals surface area (Å²) in [4.78, 5) is 8.72. The van der Waals surface area contributed by atoms with Gasteiger partial charge in [-0.1, -0.05) is 23.9 Å². The molecule has 2 aliphatic heterocycles. The number of aryl methyl sites for hydroxylation is 1. The number of fused-ring (bicyclic) bond motifs is 2. The van der Waals surface area contributed by atoms with Crippen molar-refractivity contribution in [1.29, 1.82) is 0 Å². The average molecular weight is 312 g/mol. The number of benzene rings is 1. The largest absolute Gasteiger partial charge is 0.318 e. The van der Waals surface area contributed by atoms with Crippen molar-refractivity contribution in [2.24, 2.45) is 10.9 Å². The van der Waals surface area contributed by atoms with Crippen molar-refractivity contribution in [3.8, 4) is 0 Å². The smallest absolute Gasteiger partial charge is 0.168 e. The normalized spacial score (nSPS) is 21.4. The maximum Gasteiger partial charge on any atom is 0.168 e. The molecule has 3 heterocycles. The number of rotatable bonds is 2. The molecule has 106 valence electrons. The summed E-state index contributed by atoms with van der Waals surface area (Å²) in [5.41, 5.74) is 4.27. The summed E-state index contributed by atoms with van der Waals surface area (Å²) in [5, 5.41) is 4.87. The number of hydrogen-bond donors (Lipinski definition) is 0. The van der Waals surface area contributed by atoms with Crippen molar-refractivity contribution in [3.63, 3.8) is 0 Å². The lowest BCUT2D eigenvalue weighted by molar-refractivity contribution is 0.646. The van der Waals surface area contributed by atoms with Crippen molar-refractivity contribution in [2.45, 2.75) is 19.8 Å². The Hall–Kier alpha value is -1.26. The second kappa shape index (κ2) is 4.37. The highest BCUT2D eigenvalue weighted by molar-refractivity contribution is 8.17. The Morgan fingerprint density at radius 3 is 3.00 bits per heavy atom. The van der Waals surface area contributed by atoms with Gasteiger partial charge in [-0.3, -0.25) is 4.99 Å². The van der Waals surface area contributed by atoms with Gasteiger partial charge in [0.05, 0.1) is 12.2 Å². The Bertz CT molecular complexity index is 811. The van der Waals surface area contributed by atoms with Crippen LogP contribution >= 0.6 is 23.1 Å². The van der Waals surface area contributed by atoms with Gasteiger partial charge in [0.1, 0.15) is 0 Å². The lowest BCUT2D eigenvalue weighted by Crippen LogP contribution is -2.20. The first-order chi connectivity index (χ1) is 10.3. The molecule has 0 bridgehead atoms. The van der Waals surface area contributed by atoms with E-state index in [2.05, 4.69) is 40.4 Å². The van der Waals surface area contributed by atoms with Crippen molar-refractivity contribution in [3.05, 3.63) is 39.6 Å². The Morgan fingerprint density at radius 1 is 1.24 bits per heavy atom.